The Kier molecular flexibility index (Phi) is 7.35. The molecule has 198 valence electrons. The van der Waals surface area contributed by atoms with E-state index in [0.29, 0.717) is 43.2 Å². The molecule has 5 rings (SSSR count). The number of piperidine rings is 1. The molecule has 9 nitrogen and oxygen atoms in total. The third kappa shape index (κ3) is 5.37. The van der Waals surface area contributed by atoms with Gasteiger partial charge < -0.3 is 29.6 Å². The molecule has 1 fully saturated rings. The van der Waals surface area contributed by atoms with Gasteiger partial charge in [0.2, 0.25) is 5.91 Å². The molecule has 2 unspecified atom stereocenters. The Labute approximate surface area is 221 Å². The van der Waals surface area contributed by atoms with Crippen LogP contribution in [0.15, 0.2) is 71.5 Å². The van der Waals surface area contributed by atoms with Gasteiger partial charge in [0, 0.05) is 55.5 Å². The standard InChI is InChI=1S/C29H32N4O5/c1-37-25-12-11-22(15-26(25)38-2)30-28(35)23(14-19-7-4-3-5-8-19)31-29(36)32-16-20-13-21(18-32)24-9-6-10-27(34)33(24)17-20/h3-12,15,20-21,23H,13-14,16-18H2,1-2H3,(H,30,35)(H,31,36)/t20?,21?,23-/m0/s1. The van der Waals surface area contributed by atoms with Crippen molar-refractivity contribution < 1.29 is 19.1 Å². The van der Waals surface area contributed by atoms with Crippen LogP contribution in [0.4, 0.5) is 10.5 Å². The lowest BCUT2D eigenvalue weighted by molar-refractivity contribution is -0.118. The lowest BCUT2D eigenvalue weighted by Crippen LogP contribution is -2.55. The van der Waals surface area contributed by atoms with E-state index in [1.807, 2.05) is 41.0 Å². The molecule has 0 saturated carbocycles. The number of benzene rings is 2. The molecule has 3 heterocycles. The van der Waals surface area contributed by atoms with Crippen molar-refractivity contribution in [1.29, 1.82) is 0 Å². The highest BCUT2D eigenvalue weighted by Crippen LogP contribution is 2.35. The monoisotopic (exact) mass is 516 g/mol. The van der Waals surface area contributed by atoms with Gasteiger partial charge >= 0.3 is 6.03 Å². The predicted octanol–water partition coefficient (Wildman–Crippen LogP) is 3.24. The molecule has 38 heavy (non-hydrogen) atoms. The first kappa shape index (κ1) is 25.4. The van der Waals surface area contributed by atoms with E-state index in [9.17, 15) is 14.4 Å². The number of nitrogens with one attached hydrogen (secondary N) is 2. The van der Waals surface area contributed by atoms with E-state index in [0.717, 1.165) is 17.7 Å². The summed E-state index contributed by atoms with van der Waals surface area (Å²) in [5, 5.41) is 5.89. The Balaban J connectivity index is 1.33. The second-order valence-corrected chi connectivity index (χ2v) is 9.85. The molecular weight excluding hydrogens is 484 g/mol. The van der Waals surface area contributed by atoms with Gasteiger partial charge in [0.15, 0.2) is 11.5 Å². The molecule has 2 aromatic carbocycles. The van der Waals surface area contributed by atoms with Gasteiger partial charge in [0.05, 0.1) is 14.2 Å². The van der Waals surface area contributed by atoms with Gasteiger partial charge in [-0.05, 0) is 36.1 Å². The maximum Gasteiger partial charge on any atom is 0.318 e. The van der Waals surface area contributed by atoms with Crippen LogP contribution < -0.4 is 25.7 Å². The molecule has 9 heteroatoms. The number of pyridine rings is 1. The Bertz CT molecular complexity index is 1370. The molecule has 2 bridgehead atoms. The van der Waals surface area contributed by atoms with Crippen molar-refractivity contribution >= 4 is 17.6 Å². The zero-order valence-electron chi connectivity index (χ0n) is 21.6. The third-order valence-corrected chi connectivity index (χ3v) is 7.31. The number of rotatable bonds is 7. The van der Waals surface area contributed by atoms with E-state index >= 15 is 0 Å². The van der Waals surface area contributed by atoms with Crippen LogP contribution in [-0.4, -0.2) is 54.8 Å². The summed E-state index contributed by atoms with van der Waals surface area (Å²) in [6.07, 6.45) is 1.28. The first-order chi connectivity index (χ1) is 18.4. The lowest BCUT2D eigenvalue weighted by Gasteiger charge is -2.43. The van der Waals surface area contributed by atoms with Crippen molar-refractivity contribution in [3.63, 3.8) is 0 Å². The van der Waals surface area contributed by atoms with Crippen LogP contribution >= 0.6 is 0 Å². The molecular formula is C29H32N4O5. The summed E-state index contributed by atoms with van der Waals surface area (Å²) in [4.78, 5) is 41.0. The van der Waals surface area contributed by atoms with Gasteiger partial charge in [-0.15, -0.1) is 0 Å². The maximum absolute atomic E-state index is 13.5. The average molecular weight is 517 g/mol. The van der Waals surface area contributed by atoms with E-state index in [-0.39, 0.29) is 29.3 Å². The van der Waals surface area contributed by atoms with Crippen LogP contribution in [0.1, 0.15) is 23.6 Å². The van der Waals surface area contributed by atoms with Crippen molar-refractivity contribution in [2.45, 2.75) is 31.3 Å². The minimum atomic E-state index is -0.797. The number of hydrogen-bond donors (Lipinski definition) is 2. The minimum Gasteiger partial charge on any atom is -0.493 e. The van der Waals surface area contributed by atoms with Gasteiger partial charge in [-0.2, -0.15) is 0 Å². The molecule has 2 N–H and O–H groups in total. The highest BCUT2D eigenvalue weighted by Gasteiger charge is 2.37. The molecule has 0 spiro atoms. The number of carbonyl (C=O) groups excluding carboxylic acids is 2. The van der Waals surface area contributed by atoms with Crippen LogP contribution in [0.2, 0.25) is 0 Å². The fraction of sp³-hybridized carbons (Fsp3) is 0.345. The Morgan fingerprint density at radius 2 is 1.74 bits per heavy atom. The SMILES string of the molecule is COc1ccc(NC(=O)[C@H](Cc2ccccc2)NC(=O)N2CC3CC(C2)c2cccc(=O)n2C3)cc1OC. The summed E-state index contributed by atoms with van der Waals surface area (Å²) in [6, 6.07) is 19.0. The number of amides is 3. The second kappa shape index (κ2) is 11.0. The topological polar surface area (TPSA) is 102 Å². The number of hydrogen-bond acceptors (Lipinski definition) is 5. The molecule has 0 radical (unpaired) electrons. The van der Waals surface area contributed by atoms with E-state index < -0.39 is 6.04 Å². The van der Waals surface area contributed by atoms with E-state index in [1.54, 1.807) is 42.3 Å². The number of methoxy groups -OCH3 is 2. The summed E-state index contributed by atoms with van der Waals surface area (Å²) >= 11 is 0. The first-order valence-electron chi connectivity index (χ1n) is 12.8. The average Bonchev–Trinajstić information content (AvgIpc) is 2.93. The van der Waals surface area contributed by atoms with Gasteiger partial charge in [0.25, 0.3) is 5.56 Å². The molecule has 1 saturated heterocycles. The number of nitrogens with zero attached hydrogens (tertiary/aromatic N) is 2. The van der Waals surface area contributed by atoms with Crippen LogP contribution in [0.5, 0.6) is 11.5 Å². The van der Waals surface area contributed by atoms with Crippen molar-refractivity contribution in [2.24, 2.45) is 5.92 Å². The Morgan fingerprint density at radius 3 is 2.50 bits per heavy atom. The molecule has 1 aromatic heterocycles. The largest absolute Gasteiger partial charge is 0.493 e. The predicted molar refractivity (Wildman–Crippen MR) is 144 cm³/mol. The fourth-order valence-corrected chi connectivity index (χ4v) is 5.51. The zero-order valence-corrected chi connectivity index (χ0v) is 21.6. The summed E-state index contributed by atoms with van der Waals surface area (Å²) in [5.74, 6) is 1.01. The van der Waals surface area contributed by atoms with E-state index in [4.69, 9.17) is 9.47 Å². The molecule has 3 atom stereocenters. The van der Waals surface area contributed by atoms with Crippen LogP contribution in [0.3, 0.4) is 0 Å². The normalized spacial score (nSPS) is 18.6. The summed E-state index contributed by atoms with van der Waals surface area (Å²) < 4.78 is 12.5. The number of carbonyl (C=O) groups is 2. The zero-order chi connectivity index (χ0) is 26.6. The number of likely N-dealkylation sites (tertiary alicyclic amines) is 1. The van der Waals surface area contributed by atoms with E-state index in [2.05, 4.69) is 10.6 Å². The lowest BCUT2D eigenvalue weighted by atomic mass is 9.83. The summed E-state index contributed by atoms with van der Waals surface area (Å²) in [5.41, 5.74) is 2.45. The van der Waals surface area contributed by atoms with Gasteiger partial charge in [0.1, 0.15) is 6.04 Å². The number of fused-ring (bicyclic) bond motifs is 4. The molecule has 3 amide bonds. The van der Waals surface area contributed by atoms with Crippen LogP contribution in [-0.2, 0) is 17.8 Å². The van der Waals surface area contributed by atoms with Crippen LogP contribution in [0, 0.1) is 5.92 Å². The smallest absolute Gasteiger partial charge is 0.318 e. The highest BCUT2D eigenvalue weighted by molar-refractivity contribution is 5.97. The number of ether oxygens (including phenoxy) is 2. The summed E-state index contributed by atoms with van der Waals surface area (Å²) in [6.45, 7) is 1.64. The van der Waals surface area contributed by atoms with Crippen LogP contribution in [0.25, 0.3) is 0 Å². The first-order valence-corrected chi connectivity index (χ1v) is 12.8. The summed E-state index contributed by atoms with van der Waals surface area (Å²) in [7, 11) is 3.08. The maximum atomic E-state index is 13.5. The molecule has 3 aromatic rings. The van der Waals surface area contributed by atoms with Crippen molar-refractivity contribution in [1.82, 2.24) is 14.8 Å². The molecule has 2 aliphatic heterocycles. The van der Waals surface area contributed by atoms with Gasteiger partial charge in [-0.3, -0.25) is 9.59 Å². The molecule has 0 aliphatic carbocycles. The Hall–Kier alpha value is -4.27. The second-order valence-electron chi connectivity index (χ2n) is 9.85. The third-order valence-electron chi connectivity index (χ3n) is 7.31. The van der Waals surface area contributed by atoms with Gasteiger partial charge in [-0.25, -0.2) is 4.79 Å². The number of urea groups is 1. The van der Waals surface area contributed by atoms with Crippen molar-refractivity contribution in [3.05, 3.63) is 88.3 Å². The number of anilines is 1. The number of aromatic nitrogens is 1. The van der Waals surface area contributed by atoms with E-state index in [1.165, 1.54) is 7.11 Å². The van der Waals surface area contributed by atoms with Crippen molar-refractivity contribution in [3.8, 4) is 11.5 Å². The van der Waals surface area contributed by atoms with Crippen molar-refractivity contribution in [2.75, 3.05) is 32.6 Å². The van der Waals surface area contributed by atoms with Gasteiger partial charge in [-0.1, -0.05) is 36.4 Å². The highest BCUT2D eigenvalue weighted by atomic mass is 16.5. The Morgan fingerprint density at radius 1 is 0.947 bits per heavy atom. The minimum absolute atomic E-state index is 0.00450. The molecule has 2 aliphatic rings. The quantitative estimate of drug-likeness (QED) is 0.502. The fourth-order valence-electron chi connectivity index (χ4n) is 5.51.